The molecule has 0 aromatic heterocycles. The Morgan fingerprint density at radius 3 is 2.58 bits per heavy atom. The van der Waals surface area contributed by atoms with Crippen molar-refractivity contribution >= 4 is 23.2 Å². The van der Waals surface area contributed by atoms with Crippen molar-refractivity contribution < 1.29 is 23.3 Å². The van der Waals surface area contributed by atoms with Crippen molar-refractivity contribution in [2.45, 2.75) is 19.7 Å². The minimum atomic E-state index is -0.438. The minimum absolute atomic E-state index is 0.0662. The van der Waals surface area contributed by atoms with Gasteiger partial charge in [0.2, 0.25) is 6.79 Å². The van der Waals surface area contributed by atoms with E-state index in [1.807, 2.05) is 24.3 Å². The zero-order valence-corrected chi connectivity index (χ0v) is 18.2. The van der Waals surface area contributed by atoms with E-state index < -0.39 is 5.82 Å². The highest BCUT2D eigenvalue weighted by molar-refractivity contribution is 6.32. The van der Waals surface area contributed by atoms with E-state index in [-0.39, 0.29) is 19.0 Å². The van der Waals surface area contributed by atoms with Crippen LogP contribution in [0.25, 0.3) is 0 Å². The Bertz CT molecular complexity index is 1070. The second kappa shape index (κ2) is 9.64. The number of hydrogen-bond donors (Lipinski definition) is 1. The van der Waals surface area contributed by atoms with Gasteiger partial charge in [-0.3, -0.25) is 0 Å². The summed E-state index contributed by atoms with van der Waals surface area (Å²) in [6.07, 6.45) is 0. The highest BCUT2D eigenvalue weighted by Gasteiger charge is 2.16. The average Bonchev–Trinajstić information content (AvgIpc) is 3.22. The summed E-state index contributed by atoms with van der Waals surface area (Å²) in [5, 5.41) is 4.02. The normalized spacial score (nSPS) is 12.1. The van der Waals surface area contributed by atoms with Crippen LogP contribution in [0.5, 0.6) is 23.0 Å². The van der Waals surface area contributed by atoms with E-state index in [0.29, 0.717) is 34.6 Å². The van der Waals surface area contributed by atoms with Crippen LogP contribution in [0.15, 0.2) is 48.5 Å². The number of halogens is 3. The Morgan fingerprint density at radius 2 is 1.77 bits per heavy atom. The first-order valence-electron chi connectivity index (χ1n) is 9.56. The predicted octanol–water partition coefficient (Wildman–Crippen LogP) is 5.74. The van der Waals surface area contributed by atoms with Crippen LogP contribution in [0.3, 0.4) is 0 Å². The van der Waals surface area contributed by atoms with Crippen LogP contribution >= 0.6 is 23.2 Å². The summed E-state index contributed by atoms with van der Waals surface area (Å²) in [7, 11) is 1.53. The molecule has 4 rings (SSSR count). The number of methoxy groups -OCH3 is 1. The van der Waals surface area contributed by atoms with Gasteiger partial charge in [0.25, 0.3) is 0 Å². The molecule has 0 atom stereocenters. The van der Waals surface area contributed by atoms with Crippen molar-refractivity contribution in [1.82, 2.24) is 5.32 Å². The number of hydrogen-bond acceptors (Lipinski definition) is 5. The van der Waals surface area contributed by atoms with Crippen LogP contribution in [-0.2, 0) is 19.7 Å². The molecule has 5 nitrogen and oxygen atoms in total. The molecule has 0 amide bonds. The Balaban J connectivity index is 1.41. The van der Waals surface area contributed by atoms with Gasteiger partial charge in [0, 0.05) is 18.7 Å². The highest BCUT2D eigenvalue weighted by atomic mass is 35.5. The number of fused-ring (bicyclic) bond motifs is 1. The topological polar surface area (TPSA) is 49.0 Å². The van der Waals surface area contributed by atoms with Crippen LogP contribution in [-0.4, -0.2) is 13.9 Å². The summed E-state index contributed by atoms with van der Waals surface area (Å²) >= 11 is 12.5. The molecular weight excluding hydrogens is 444 g/mol. The van der Waals surface area contributed by atoms with E-state index in [1.54, 1.807) is 18.2 Å². The summed E-state index contributed by atoms with van der Waals surface area (Å²) in [5.74, 6) is 1.86. The molecule has 1 aliphatic rings. The first kappa shape index (κ1) is 21.6. The second-order valence-corrected chi connectivity index (χ2v) is 7.70. The van der Waals surface area contributed by atoms with E-state index in [0.717, 1.165) is 22.6 Å². The van der Waals surface area contributed by atoms with Crippen molar-refractivity contribution in [2.24, 2.45) is 0 Å². The Morgan fingerprint density at radius 1 is 0.968 bits per heavy atom. The molecule has 0 bridgehead atoms. The first-order valence-corrected chi connectivity index (χ1v) is 10.3. The van der Waals surface area contributed by atoms with Crippen molar-refractivity contribution in [3.05, 3.63) is 81.1 Å². The molecule has 162 valence electrons. The van der Waals surface area contributed by atoms with Gasteiger partial charge >= 0.3 is 0 Å². The first-order chi connectivity index (χ1) is 15.0. The Kier molecular flexibility index (Phi) is 6.70. The van der Waals surface area contributed by atoms with Gasteiger partial charge in [-0.05, 0) is 47.5 Å². The molecule has 0 saturated heterocycles. The fourth-order valence-corrected chi connectivity index (χ4v) is 3.74. The van der Waals surface area contributed by atoms with E-state index in [9.17, 15) is 4.39 Å². The molecule has 0 unspecified atom stereocenters. The van der Waals surface area contributed by atoms with Gasteiger partial charge in [-0.2, -0.15) is 0 Å². The summed E-state index contributed by atoms with van der Waals surface area (Å²) < 4.78 is 35.9. The zero-order chi connectivity index (χ0) is 21.8. The van der Waals surface area contributed by atoms with E-state index >= 15 is 0 Å². The molecular formula is C23H20Cl2FNO4. The quantitative estimate of drug-likeness (QED) is 0.461. The molecule has 31 heavy (non-hydrogen) atoms. The summed E-state index contributed by atoms with van der Waals surface area (Å²) in [5.41, 5.74) is 2.25. The third kappa shape index (κ3) is 4.98. The van der Waals surface area contributed by atoms with Crippen LogP contribution in [0.2, 0.25) is 10.0 Å². The van der Waals surface area contributed by atoms with Crippen LogP contribution in [0.4, 0.5) is 4.39 Å². The summed E-state index contributed by atoms with van der Waals surface area (Å²) in [4.78, 5) is 0. The van der Waals surface area contributed by atoms with Crippen molar-refractivity contribution in [3.63, 3.8) is 0 Å². The molecule has 0 spiro atoms. The molecule has 0 aliphatic carbocycles. The molecule has 8 heteroatoms. The lowest BCUT2D eigenvalue weighted by Crippen LogP contribution is -2.13. The molecule has 3 aromatic carbocycles. The maximum absolute atomic E-state index is 14.0. The summed E-state index contributed by atoms with van der Waals surface area (Å²) in [6.45, 7) is 1.38. The molecule has 3 aromatic rings. The van der Waals surface area contributed by atoms with Crippen molar-refractivity contribution in [1.29, 1.82) is 0 Å². The smallest absolute Gasteiger partial charge is 0.231 e. The zero-order valence-electron chi connectivity index (χ0n) is 16.7. The van der Waals surface area contributed by atoms with Gasteiger partial charge in [-0.15, -0.1) is 0 Å². The van der Waals surface area contributed by atoms with Crippen molar-refractivity contribution in [2.75, 3.05) is 13.9 Å². The van der Waals surface area contributed by atoms with Crippen LogP contribution in [0, 0.1) is 5.82 Å². The number of rotatable bonds is 8. The second-order valence-electron chi connectivity index (χ2n) is 6.89. The third-order valence-corrected chi connectivity index (χ3v) is 5.44. The average molecular weight is 464 g/mol. The molecule has 1 aliphatic heterocycles. The Labute approximate surface area is 189 Å². The van der Waals surface area contributed by atoms with Gasteiger partial charge in [0.1, 0.15) is 12.4 Å². The molecule has 1 heterocycles. The van der Waals surface area contributed by atoms with Crippen molar-refractivity contribution in [3.8, 4) is 23.0 Å². The fourth-order valence-electron chi connectivity index (χ4n) is 3.23. The number of nitrogens with one attached hydrogen (secondary N) is 1. The van der Waals surface area contributed by atoms with Gasteiger partial charge in [-0.25, -0.2) is 4.39 Å². The minimum Gasteiger partial charge on any atom is -0.493 e. The lowest BCUT2D eigenvalue weighted by Gasteiger charge is -2.15. The van der Waals surface area contributed by atoms with Gasteiger partial charge in [-0.1, -0.05) is 35.3 Å². The molecule has 0 radical (unpaired) electrons. The maximum Gasteiger partial charge on any atom is 0.231 e. The van der Waals surface area contributed by atoms with Crippen LogP contribution < -0.4 is 24.3 Å². The lowest BCUT2D eigenvalue weighted by atomic mass is 10.1. The fraction of sp³-hybridized carbons (Fsp3) is 0.217. The molecule has 1 N–H and O–H groups in total. The van der Waals surface area contributed by atoms with E-state index in [2.05, 4.69) is 5.32 Å². The third-order valence-electron chi connectivity index (χ3n) is 4.81. The maximum atomic E-state index is 14.0. The lowest BCUT2D eigenvalue weighted by molar-refractivity contribution is 0.174. The number of benzene rings is 3. The summed E-state index contributed by atoms with van der Waals surface area (Å²) in [6, 6.07) is 13.9. The van der Waals surface area contributed by atoms with E-state index in [1.165, 1.54) is 13.2 Å². The molecule has 0 saturated carbocycles. The number of ether oxygens (including phenoxy) is 4. The van der Waals surface area contributed by atoms with Gasteiger partial charge in [0.15, 0.2) is 23.0 Å². The van der Waals surface area contributed by atoms with Gasteiger partial charge < -0.3 is 24.3 Å². The SMILES string of the molecule is COc1cc(CNCc2ccc3c(c2)OCO3)cc(Cl)c1OCc1c(F)cccc1Cl. The highest BCUT2D eigenvalue weighted by Crippen LogP contribution is 2.37. The Hall–Kier alpha value is -2.67. The predicted molar refractivity (Wildman–Crippen MR) is 117 cm³/mol. The largest absolute Gasteiger partial charge is 0.493 e. The van der Waals surface area contributed by atoms with Gasteiger partial charge in [0.05, 0.1) is 17.2 Å². The van der Waals surface area contributed by atoms with E-state index in [4.69, 9.17) is 42.1 Å². The molecule has 0 fully saturated rings. The monoisotopic (exact) mass is 463 g/mol. The van der Waals surface area contributed by atoms with Crippen LogP contribution in [0.1, 0.15) is 16.7 Å². The standard InChI is InChI=1S/C23H20Cl2FNO4/c1-28-22-9-15(11-27-10-14-5-6-20-21(8-14)31-13-30-20)7-18(25)23(22)29-12-16-17(24)3-2-4-19(16)26/h2-9,27H,10-13H2,1H3.